The van der Waals surface area contributed by atoms with E-state index in [1.54, 1.807) is 24.3 Å². The van der Waals surface area contributed by atoms with Gasteiger partial charge < -0.3 is 5.11 Å². The molecule has 0 aliphatic heterocycles. The number of aliphatic hydroxyl groups is 1. The number of nitrogens with zero attached hydrogens (tertiary/aromatic N) is 1. The predicted octanol–water partition coefficient (Wildman–Crippen LogP) is 1.42. The van der Waals surface area contributed by atoms with Crippen LogP contribution in [0.5, 0.6) is 0 Å². The molecule has 0 atom stereocenters. The molecule has 0 radical (unpaired) electrons. The first kappa shape index (κ1) is 14.4. The highest BCUT2D eigenvalue weighted by Gasteiger charge is 2.16. The second-order valence-electron chi connectivity index (χ2n) is 3.51. The highest BCUT2D eigenvalue weighted by Crippen LogP contribution is 2.16. The zero-order chi connectivity index (χ0) is 12.9. The number of benzene rings is 1. The zero-order valence-electron chi connectivity index (χ0n) is 9.43. The lowest BCUT2D eigenvalue weighted by atomic mass is 10.3. The van der Waals surface area contributed by atoms with E-state index in [-0.39, 0.29) is 13.2 Å². The highest BCUT2D eigenvalue weighted by atomic mass is 79.9. The first-order valence-electron chi connectivity index (χ1n) is 5.06. The molecule has 0 unspecified atom stereocenters. The van der Waals surface area contributed by atoms with E-state index in [4.69, 9.17) is 5.11 Å². The predicted molar refractivity (Wildman–Crippen MR) is 71.0 cm³/mol. The van der Waals surface area contributed by atoms with Gasteiger partial charge in [0, 0.05) is 30.4 Å². The van der Waals surface area contributed by atoms with Gasteiger partial charge in [0.15, 0.2) is 0 Å². The third kappa shape index (κ3) is 4.63. The van der Waals surface area contributed by atoms with Crippen molar-refractivity contribution in [3.8, 4) is 0 Å². The third-order valence-electron chi connectivity index (χ3n) is 2.13. The first-order valence-corrected chi connectivity index (χ1v) is 7.29. The molecule has 0 amide bonds. The summed E-state index contributed by atoms with van der Waals surface area (Å²) in [5.74, 6) is 0. The van der Waals surface area contributed by atoms with Gasteiger partial charge in [0.2, 0.25) is 0 Å². The Morgan fingerprint density at radius 3 is 2.47 bits per heavy atom. The molecule has 1 rings (SSSR count). The number of aliphatic hydroxyl groups excluding tert-OH is 1. The average Bonchev–Trinajstić information content (AvgIpc) is 2.28. The normalized spacial score (nSPS) is 11.8. The minimum atomic E-state index is -3.54. The summed E-state index contributed by atoms with van der Waals surface area (Å²) in [5, 5.41) is 8.65. The largest absolute Gasteiger partial charge is 0.396 e. The number of halogens is 1. The maximum atomic E-state index is 11.8. The molecule has 0 spiro atoms. The van der Waals surface area contributed by atoms with E-state index in [0.29, 0.717) is 12.1 Å². The Kier molecular flexibility index (Phi) is 5.38. The molecule has 1 aromatic carbocycles. The Balaban J connectivity index is 2.69. The average molecular weight is 323 g/mol. The molecule has 1 aromatic rings. The molecular weight excluding hydrogens is 308 g/mol. The Hall–Kier alpha value is -0.630. The van der Waals surface area contributed by atoms with Crippen LogP contribution in [0.3, 0.4) is 0 Å². The smallest absolute Gasteiger partial charge is 0.301 e. The highest BCUT2D eigenvalue weighted by molar-refractivity contribution is 9.10. The Morgan fingerprint density at radius 1 is 1.35 bits per heavy atom. The SMILES string of the molecule is CN(CCCO)S(=O)(=O)Nc1ccc(Br)cc1. The summed E-state index contributed by atoms with van der Waals surface area (Å²) in [4.78, 5) is 0. The van der Waals surface area contributed by atoms with E-state index in [2.05, 4.69) is 20.7 Å². The van der Waals surface area contributed by atoms with Crippen LogP contribution in [0.4, 0.5) is 5.69 Å². The lowest BCUT2D eigenvalue weighted by Crippen LogP contribution is -2.33. The second-order valence-corrected chi connectivity index (χ2v) is 6.21. The van der Waals surface area contributed by atoms with Crippen LogP contribution in [0.2, 0.25) is 0 Å². The van der Waals surface area contributed by atoms with Gasteiger partial charge in [-0.1, -0.05) is 15.9 Å². The van der Waals surface area contributed by atoms with Crippen LogP contribution in [-0.2, 0) is 10.2 Å². The minimum absolute atomic E-state index is 0.0296. The van der Waals surface area contributed by atoms with E-state index in [1.807, 2.05) is 0 Å². The van der Waals surface area contributed by atoms with Gasteiger partial charge in [-0.25, -0.2) is 0 Å². The molecule has 96 valence electrons. The summed E-state index contributed by atoms with van der Waals surface area (Å²) in [6, 6.07) is 6.85. The van der Waals surface area contributed by atoms with Gasteiger partial charge in [-0.15, -0.1) is 0 Å². The maximum Gasteiger partial charge on any atom is 0.301 e. The number of anilines is 1. The molecule has 0 fully saturated rings. The van der Waals surface area contributed by atoms with Crippen LogP contribution in [-0.4, -0.2) is 38.0 Å². The van der Waals surface area contributed by atoms with E-state index in [9.17, 15) is 8.42 Å². The van der Waals surface area contributed by atoms with Crippen molar-refractivity contribution in [1.82, 2.24) is 4.31 Å². The van der Waals surface area contributed by atoms with Gasteiger partial charge in [-0.05, 0) is 30.7 Å². The van der Waals surface area contributed by atoms with Crippen molar-refractivity contribution in [1.29, 1.82) is 0 Å². The standard InChI is InChI=1S/C10H15BrN2O3S/c1-13(7-2-8-14)17(15,16)12-10-5-3-9(11)4-6-10/h3-6,12,14H,2,7-8H2,1H3. The molecule has 2 N–H and O–H groups in total. The van der Waals surface area contributed by atoms with Crippen molar-refractivity contribution in [2.75, 3.05) is 24.9 Å². The third-order valence-corrected chi connectivity index (χ3v) is 4.16. The van der Waals surface area contributed by atoms with Crippen molar-refractivity contribution < 1.29 is 13.5 Å². The Labute approximate surface area is 110 Å². The lowest BCUT2D eigenvalue weighted by molar-refractivity contribution is 0.276. The molecule has 17 heavy (non-hydrogen) atoms. The van der Waals surface area contributed by atoms with Crippen molar-refractivity contribution in [2.24, 2.45) is 0 Å². The summed E-state index contributed by atoms with van der Waals surface area (Å²) in [6.45, 7) is 0.251. The summed E-state index contributed by atoms with van der Waals surface area (Å²) >= 11 is 3.27. The number of rotatable bonds is 6. The zero-order valence-corrected chi connectivity index (χ0v) is 11.8. The second kappa shape index (κ2) is 6.34. The van der Waals surface area contributed by atoms with Gasteiger partial charge in [0.1, 0.15) is 0 Å². The van der Waals surface area contributed by atoms with Crippen molar-refractivity contribution in [3.05, 3.63) is 28.7 Å². The minimum Gasteiger partial charge on any atom is -0.396 e. The van der Waals surface area contributed by atoms with Gasteiger partial charge >= 0.3 is 10.2 Å². The lowest BCUT2D eigenvalue weighted by Gasteiger charge is -2.17. The molecule has 0 saturated carbocycles. The molecule has 0 heterocycles. The van der Waals surface area contributed by atoms with E-state index in [0.717, 1.165) is 4.47 Å². The Bertz CT molecular complexity index is 447. The molecule has 0 aromatic heterocycles. The first-order chi connectivity index (χ1) is 7.95. The van der Waals surface area contributed by atoms with Crippen LogP contribution < -0.4 is 4.72 Å². The fraction of sp³-hybridized carbons (Fsp3) is 0.400. The van der Waals surface area contributed by atoms with Gasteiger partial charge in [0.25, 0.3) is 0 Å². The van der Waals surface area contributed by atoms with Crippen LogP contribution >= 0.6 is 15.9 Å². The summed E-state index contributed by atoms with van der Waals surface area (Å²) < 4.78 is 28.1. The van der Waals surface area contributed by atoms with Gasteiger partial charge in [0.05, 0.1) is 0 Å². The molecule has 5 nitrogen and oxygen atoms in total. The quantitative estimate of drug-likeness (QED) is 0.832. The van der Waals surface area contributed by atoms with Crippen LogP contribution in [0.1, 0.15) is 6.42 Å². The van der Waals surface area contributed by atoms with Crippen LogP contribution in [0.15, 0.2) is 28.7 Å². The molecule has 0 bridgehead atoms. The van der Waals surface area contributed by atoms with Gasteiger partial charge in [-0.2, -0.15) is 12.7 Å². The van der Waals surface area contributed by atoms with Gasteiger partial charge in [-0.3, -0.25) is 4.72 Å². The van der Waals surface area contributed by atoms with E-state index in [1.165, 1.54) is 11.4 Å². The molecular formula is C10H15BrN2O3S. The summed E-state index contributed by atoms with van der Waals surface area (Å²) in [7, 11) is -2.07. The van der Waals surface area contributed by atoms with Crippen molar-refractivity contribution >= 4 is 31.8 Å². The van der Waals surface area contributed by atoms with Crippen molar-refractivity contribution in [3.63, 3.8) is 0 Å². The fourth-order valence-electron chi connectivity index (χ4n) is 1.16. The fourth-order valence-corrected chi connectivity index (χ4v) is 2.38. The molecule has 0 aliphatic rings. The van der Waals surface area contributed by atoms with Crippen molar-refractivity contribution in [2.45, 2.75) is 6.42 Å². The molecule has 0 aliphatic carbocycles. The topological polar surface area (TPSA) is 69.6 Å². The van der Waals surface area contributed by atoms with E-state index >= 15 is 0 Å². The molecule has 0 saturated heterocycles. The summed E-state index contributed by atoms with van der Waals surface area (Å²) in [5.41, 5.74) is 0.504. The van der Waals surface area contributed by atoms with Crippen LogP contribution in [0, 0.1) is 0 Å². The van der Waals surface area contributed by atoms with Crippen LogP contribution in [0.25, 0.3) is 0 Å². The molecule has 7 heteroatoms. The van der Waals surface area contributed by atoms with E-state index < -0.39 is 10.2 Å². The monoisotopic (exact) mass is 322 g/mol. The number of hydrogen-bond donors (Lipinski definition) is 2. The number of nitrogens with one attached hydrogen (secondary N) is 1. The summed E-state index contributed by atoms with van der Waals surface area (Å²) in [6.07, 6.45) is 0.414. The number of hydrogen-bond acceptors (Lipinski definition) is 3. The Morgan fingerprint density at radius 2 is 1.94 bits per heavy atom. The maximum absolute atomic E-state index is 11.8.